The zero-order chi connectivity index (χ0) is 14.7. The van der Waals surface area contributed by atoms with Gasteiger partial charge in [-0.3, -0.25) is 4.79 Å². The van der Waals surface area contributed by atoms with Crippen LogP contribution in [-0.2, 0) is 14.9 Å². The van der Waals surface area contributed by atoms with E-state index in [0.29, 0.717) is 6.54 Å². The summed E-state index contributed by atoms with van der Waals surface area (Å²) < 4.78 is 5.57. The number of carbonyl (C=O) groups excluding carboxylic acids is 1. The molecule has 0 aromatic heterocycles. The molecule has 0 aliphatic heterocycles. The van der Waals surface area contributed by atoms with Crippen LogP contribution in [0.3, 0.4) is 0 Å². The molecule has 0 radical (unpaired) electrons. The lowest BCUT2D eigenvalue weighted by Crippen LogP contribution is -2.35. The fourth-order valence-electron chi connectivity index (χ4n) is 2.65. The van der Waals surface area contributed by atoms with Crippen LogP contribution >= 0.6 is 0 Å². The fourth-order valence-corrected chi connectivity index (χ4v) is 2.65. The highest BCUT2D eigenvalue weighted by Crippen LogP contribution is 2.48. The third kappa shape index (κ3) is 3.56. The lowest BCUT2D eigenvalue weighted by atomic mass is 9.95. The molecule has 0 unspecified atom stereocenters. The first-order chi connectivity index (χ1) is 10.2. The zero-order valence-corrected chi connectivity index (χ0v) is 12.4. The SMILES string of the molecule is Nc1ccc(C2(C(=O)NCCCOCC3CC3)CC2)cc1. The predicted octanol–water partition coefficient (Wildman–Crippen LogP) is 2.23. The molecule has 114 valence electrons. The Balaban J connectivity index is 1.40. The Labute approximate surface area is 126 Å². The number of amides is 1. The van der Waals surface area contributed by atoms with Crippen molar-refractivity contribution in [3.8, 4) is 0 Å². The van der Waals surface area contributed by atoms with Crippen LogP contribution in [0.1, 0.15) is 37.7 Å². The van der Waals surface area contributed by atoms with Crippen molar-refractivity contribution < 1.29 is 9.53 Å². The van der Waals surface area contributed by atoms with Gasteiger partial charge in [0.25, 0.3) is 0 Å². The van der Waals surface area contributed by atoms with Gasteiger partial charge in [-0.2, -0.15) is 0 Å². The standard InChI is InChI=1S/C17H24N2O2/c18-15-6-4-14(5-7-15)17(8-9-17)16(20)19-10-1-11-21-12-13-2-3-13/h4-7,13H,1-3,8-12,18H2,(H,19,20). The van der Waals surface area contributed by atoms with Crippen molar-refractivity contribution in [2.45, 2.75) is 37.5 Å². The van der Waals surface area contributed by atoms with Gasteiger partial charge in [0.1, 0.15) is 0 Å². The Morgan fingerprint density at radius 2 is 2.00 bits per heavy atom. The average molecular weight is 288 g/mol. The van der Waals surface area contributed by atoms with Gasteiger partial charge in [0.15, 0.2) is 0 Å². The van der Waals surface area contributed by atoms with Gasteiger partial charge < -0.3 is 15.8 Å². The van der Waals surface area contributed by atoms with Crippen molar-refractivity contribution in [1.29, 1.82) is 0 Å². The van der Waals surface area contributed by atoms with Crippen LogP contribution in [-0.4, -0.2) is 25.7 Å². The van der Waals surface area contributed by atoms with E-state index >= 15 is 0 Å². The maximum atomic E-state index is 12.4. The molecule has 1 aromatic carbocycles. The number of ether oxygens (including phenoxy) is 1. The van der Waals surface area contributed by atoms with Crippen LogP contribution in [0.5, 0.6) is 0 Å². The Kier molecular flexibility index (Phi) is 4.15. The Morgan fingerprint density at radius 1 is 1.29 bits per heavy atom. The van der Waals surface area contributed by atoms with E-state index in [2.05, 4.69) is 5.32 Å². The summed E-state index contributed by atoms with van der Waals surface area (Å²) in [6.07, 6.45) is 5.39. The van der Waals surface area contributed by atoms with Crippen molar-refractivity contribution in [2.75, 3.05) is 25.5 Å². The molecule has 2 aliphatic rings. The minimum Gasteiger partial charge on any atom is -0.399 e. The summed E-state index contributed by atoms with van der Waals surface area (Å²) in [6, 6.07) is 7.68. The van der Waals surface area contributed by atoms with Crippen LogP contribution < -0.4 is 11.1 Å². The van der Waals surface area contributed by atoms with Gasteiger partial charge in [-0.05, 0) is 55.7 Å². The van der Waals surface area contributed by atoms with Gasteiger partial charge in [0.2, 0.25) is 5.91 Å². The number of nitrogens with two attached hydrogens (primary N) is 1. The van der Waals surface area contributed by atoms with Crippen molar-refractivity contribution >= 4 is 11.6 Å². The van der Waals surface area contributed by atoms with E-state index in [0.717, 1.165) is 49.6 Å². The molecule has 0 bridgehead atoms. The summed E-state index contributed by atoms with van der Waals surface area (Å²) in [5.74, 6) is 0.953. The zero-order valence-electron chi connectivity index (χ0n) is 12.4. The molecule has 3 rings (SSSR count). The quantitative estimate of drug-likeness (QED) is 0.569. The molecule has 1 amide bonds. The van der Waals surface area contributed by atoms with Crippen LogP contribution in [0.2, 0.25) is 0 Å². The number of anilines is 1. The van der Waals surface area contributed by atoms with Gasteiger partial charge in [0.05, 0.1) is 5.41 Å². The van der Waals surface area contributed by atoms with Crippen molar-refractivity contribution in [2.24, 2.45) is 5.92 Å². The number of hydrogen-bond acceptors (Lipinski definition) is 3. The molecule has 0 saturated heterocycles. The molecular formula is C17H24N2O2. The summed E-state index contributed by atoms with van der Waals surface area (Å²) in [4.78, 5) is 12.4. The van der Waals surface area contributed by atoms with Gasteiger partial charge in [-0.25, -0.2) is 0 Å². The van der Waals surface area contributed by atoms with E-state index in [1.165, 1.54) is 12.8 Å². The van der Waals surface area contributed by atoms with Crippen LogP contribution in [0, 0.1) is 5.92 Å². The Bertz CT molecular complexity index is 490. The number of nitrogen functional groups attached to an aromatic ring is 1. The van der Waals surface area contributed by atoms with Crippen LogP contribution in [0.15, 0.2) is 24.3 Å². The maximum Gasteiger partial charge on any atom is 0.230 e. The summed E-state index contributed by atoms with van der Waals surface area (Å²) in [7, 11) is 0. The molecule has 1 aromatic rings. The average Bonchev–Trinajstić information content (AvgIpc) is 3.37. The minimum absolute atomic E-state index is 0.148. The first-order valence-corrected chi connectivity index (χ1v) is 7.93. The molecule has 0 heterocycles. The van der Waals surface area contributed by atoms with Crippen molar-refractivity contribution in [1.82, 2.24) is 5.32 Å². The van der Waals surface area contributed by atoms with E-state index in [1.807, 2.05) is 24.3 Å². The van der Waals surface area contributed by atoms with Gasteiger partial charge in [0, 0.05) is 25.4 Å². The summed E-state index contributed by atoms with van der Waals surface area (Å²) in [5.41, 5.74) is 7.22. The van der Waals surface area contributed by atoms with Gasteiger partial charge in [-0.1, -0.05) is 12.1 Å². The molecule has 4 nitrogen and oxygen atoms in total. The molecule has 4 heteroatoms. The Hall–Kier alpha value is -1.55. The largest absolute Gasteiger partial charge is 0.399 e. The topological polar surface area (TPSA) is 64.4 Å². The molecule has 0 atom stereocenters. The summed E-state index contributed by atoms with van der Waals surface area (Å²) in [6.45, 7) is 2.33. The molecule has 21 heavy (non-hydrogen) atoms. The molecule has 0 spiro atoms. The second kappa shape index (κ2) is 6.06. The summed E-state index contributed by atoms with van der Waals surface area (Å²) in [5, 5.41) is 3.05. The van der Waals surface area contributed by atoms with Gasteiger partial charge in [-0.15, -0.1) is 0 Å². The van der Waals surface area contributed by atoms with Gasteiger partial charge >= 0.3 is 0 Å². The van der Waals surface area contributed by atoms with Crippen LogP contribution in [0.4, 0.5) is 5.69 Å². The van der Waals surface area contributed by atoms with E-state index in [9.17, 15) is 4.79 Å². The molecular weight excluding hydrogens is 264 g/mol. The third-order valence-corrected chi connectivity index (χ3v) is 4.45. The van der Waals surface area contributed by atoms with E-state index in [1.54, 1.807) is 0 Å². The van der Waals surface area contributed by atoms with E-state index in [4.69, 9.17) is 10.5 Å². The smallest absolute Gasteiger partial charge is 0.230 e. The number of rotatable bonds is 8. The first kappa shape index (κ1) is 14.4. The van der Waals surface area contributed by atoms with Crippen molar-refractivity contribution in [3.63, 3.8) is 0 Å². The second-order valence-electron chi connectivity index (χ2n) is 6.33. The Morgan fingerprint density at radius 3 is 2.62 bits per heavy atom. The maximum absolute atomic E-state index is 12.4. The second-order valence-corrected chi connectivity index (χ2v) is 6.33. The number of hydrogen-bond donors (Lipinski definition) is 2. The third-order valence-electron chi connectivity index (χ3n) is 4.45. The molecule has 2 aliphatic carbocycles. The lowest BCUT2D eigenvalue weighted by molar-refractivity contribution is -0.123. The number of carbonyl (C=O) groups is 1. The highest BCUT2D eigenvalue weighted by molar-refractivity contribution is 5.91. The minimum atomic E-state index is -0.303. The molecule has 2 saturated carbocycles. The lowest BCUT2D eigenvalue weighted by Gasteiger charge is -2.16. The van der Waals surface area contributed by atoms with E-state index < -0.39 is 0 Å². The normalized spacial score (nSPS) is 19.2. The fraction of sp³-hybridized carbons (Fsp3) is 0.588. The van der Waals surface area contributed by atoms with Crippen molar-refractivity contribution in [3.05, 3.63) is 29.8 Å². The highest BCUT2D eigenvalue weighted by atomic mass is 16.5. The monoisotopic (exact) mass is 288 g/mol. The van der Waals surface area contributed by atoms with Crippen LogP contribution in [0.25, 0.3) is 0 Å². The highest BCUT2D eigenvalue weighted by Gasteiger charge is 2.50. The summed E-state index contributed by atoms with van der Waals surface area (Å²) >= 11 is 0. The predicted molar refractivity (Wildman–Crippen MR) is 82.9 cm³/mol. The number of benzene rings is 1. The molecule has 2 fully saturated rings. The first-order valence-electron chi connectivity index (χ1n) is 7.93. The number of nitrogens with one attached hydrogen (secondary N) is 1. The molecule has 3 N–H and O–H groups in total. The van der Waals surface area contributed by atoms with E-state index in [-0.39, 0.29) is 11.3 Å².